The van der Waals surface area contributed by atoms with E-state index in [1.807, 2.05) is 12.1 Å². The van der Waals surface area contributed by atoms with Gasteiger partial charge in [-0.2, -0.15) is 0 Å². The maximum absolute atomic E-state index is 11.0. The summed E-state index contributed by atoms with van der Waals surface area (Å²) in [7, 11) is 0. The van der Waals surface area contributed by atoms with Crippen LogP contribution in [-0.2, 0) is 0 Å². The second-order valence-electron chi connectivity index (χ2n) is 5.82. The minimum Gasteiger partial charge on any atom is -0.258 e. The fraction of sp³-hybridized carbons (Fsp3) is 0.250. The second kappa shape index (κ2) is 4.37. The molecule has 6 nitrogen and oxygen atoms in total. The van der Waals surface area contributed by atoms with Crippen LogP contribution in [0.3, 0.4) is 0 Å². The molecule has 0 heterocycles. The largest absolute Gasteiger partial charge is 0.269 e. The van der Waals surface area contributed by atoms with Crippen LogP contribution in [0.25, 0.3) is 0 Å². The van der Waals surface area contributed by atoms with Gasteiger partial charge in [-0.1, -0.05) is 12.1 Å². The Balaban J connectivity index is 1.90. The van der Waals surface area contributed by atoms with Crippen LogP contribution in [0.2, 0.25) is 0 Å². The maximum Gasteiger partial charge on any atom is 0.269 e. The molecule has 3 aliphatic carbocycles. The molecule has 22 heavy (non-hydrogen) atoms. The zero-order chi connectivity index (χ0) is 15.4. The van der Waals surface area contributed by atoms with E-state index in [1.165, 1.54) is 12.1 Å². The molecule has 0 saturated carbocycles. The van der Waals surface area contributed by atoms with Gasteiger partial charge in [0.25, 0.3) is 11.4 Å². The molecular formula is C16H12N2O4. The number of nitro groups is 2. The summed E-state index contributed by atoms with van der Waals surface area (Å²) >= 11 is 0. The average Bonchev–Trinajstić information content (AvgIpc) is 2.54. The number of fused-ring (bicyclic) bond motifs is 1. The van der Waals surface area contributed by atoms with E-state index < -0.39 is 0 Å². The molecule has 0 aliphatic heterocycles. The van der Waals surface area contributed by atoms with Gasteiger partial charge in [0.1, 0.15) is 0 Å². The summed E-state index contributed by atoms with van der Waals surface area (Å²) in [6.45, 7) is 0. The number of rotatable bonds is 2. The Hall–Kier alpha value is -2.76. The molecule has 2 unspecified atom stereocenters. The van der Waals surface area contributed by atoms with Crippen molar-refractivity contribution in [3.8, 4) is 0 Å². The third kappa shape index (κ3) is 1.67. The Labute approximate surface area is 125 Å². The number of hydrogen-bond donors (Lipinski definition) is 0. The molecule has 0 N–H and O–H groups in total. The van der Waals surface area contributed by atoms with Gasteiger partial charge in [0.05, 0.1) is 9.85 Å². The van der Waals surface area contributed by atoms with Crippen molar-refractivity contribution in [1.82, 2.24) is 0 Å². The van der Waals surface area contributed by atoms with E-state index in [1.54, 1.807) is 12.1 Å². The zero-order valence-corrected chi connectivity index (χ0v) is 11.6. The van der Waals surface area contributed by atoms with E-state index in [9.17, 15) is 20.2 Å². The molecule has 0 aromatic heterocycles. The summed E-state index contributed by atoms with van der Waals surface area (Å²) in [5, 5.41) is 22.0. The molecule has 2 aromatic rings. The van der Waals surface area contributed by atoms with Crippen molar-refractivity contribution in [2.45, 2.75) is 24.7 Å². The van der Waals surface area contributed by atoms with E-state index in [0.717, 1.165) is 35.1 Å². The lowest BCUT2D eigenvalue weighted by Gasteiger charge is -2.39. The summed E-state index contributed by atoms with van der Waals surface area (Å²) in [6, 6.07) is 10.00. The van der Waals surface area contributed by atoms with Crippen LogP contribution in [0.4, 0.5) is 11.4 Å². The first-order valence-electron chi connectivity index (χ1n) is 7.12. The Morgan fingerprint density at radius 3 is 1.50 bits per heavy atom. The molecule has 6 heteroatoms. The van der Waals surface area contributed by atoms with Crippen molar-refractivity contribution in [3.05, 3.63) is 78.9 Å². The molecule has 2 bridgehead atoms. The number of benzene rings is 2. The van der Waals surface area contributed by atoms with Crippen molar-refractivity contribution < 1.29 is 9.85 Å². The van der Waals surface area contributed by atoms with Gasteiger partial charge < -0.3 is 0 Å². The van der Waals surface area contributed by atoms with Gasteiger partial charge in [-0.05, 0) is 35.1 Å². The van der Waals surface area contributed by atoms with Gasteiger partial charge >= 0.3 is 0 Å². The molecule has 3 aliphatic rings. The highest BCUT2D eigenvalue weighted by molar-refractivity contribution is 5.59. The first-order chi connectivity index (χ1) is 10.6. The number of hydrogen-bond acceptors (Lipinski definition) is 4. The minimum absolute atomic E-state index is 0.106. The van der Waals surface area contributed by atoms with E-state index >= 15 is 0 Å². The Kier molecular flexibility index (Phi) is 2.57. The minimum atomic E-state index is -0.376. The topological polar surface area (TPSA) is 86.3 Å². The van der Waals surface area contributed by atoms with E-state index in [4.69, 9.17) is 0 Å². The molecular weight excluding hydrogens is 284 g/mol. The van der Waals surface area contributed by atoms with Gasteiger partial charge in [0.15, 0.2) is 0 Å². The second-order valence-corrected chi connectivity index (χ2v) is 5.82. The van der Waals surface area contributed by atoms with Crippen LogP contribution >= 0.6 is 0 Å². The monoisotopic (exact) mass is 296 g/mol. The van der Waals surface area contributed by atoms with Gasteiger partial charge in [0.2, 0.25) is 0 Å². The molecule has 0 saturated heterocycles. The molecule has 2 atom stereocenters. The molecule has 0 spiro atoms. The van der Waals surface area contributed by atoms with Crippen molar-refractivity contribution in [2.24, 2.45) is 0 Å². The number of nitro benzene ring substituents is 2. The molecule has 0 fully saturated rings. The maximum atomic E-state index is 11.0. The summed E-state index contributed by atoms with van der Waals surface area (Å²) in [6.07, 6.45) is 1.87. The summed E-state index contributed by atoms with van der Waals surface area (Å²) in [4.78, 5) is 21.2. The van der Waals surface area contributed by atoms with Crippen LogP contribution in [0, 0.1) is 20.2 Å². The SMILES string of the molecule is O=[N+]([O-])c1ccc2c(c1)C1CCC2c2cc([N+](=O)[O-])ccc21. The number of non-ortho nitro benzene ring substituents is 2. The molecule has 0 amide bonds. The average molecular weight is 296 g/mol. The van der Waals surface area contributed by atoms with Crippen LogP contribution < -0.4 is 0 Å². The van der Waals surface area contributed by atoms with E-state index in [-0.39, 0.29) is 33.1 Å². The van der Waals surface area contributed by atoms with E-state index in [2.05, 4.69) is 0 Å². The smallest absolute Gasteiger partial charge is 0.258 e. The number of nitrogens with zero attached hydrogens (tertiary/aromatic N) is 2. The Morgan fingerprint density at radius 2 is 1.14 bits per heavy atom. The normalized spacial score (nSPS) is 21.1. The highest BCUT2D eigenvalue weighted by Gasteiger charge is 2.38. The lowest BCUT2D eigenvalue weighted by atomic mass is 9.64. The third-order valence-corrected chi connectivity index (χ3v) is 4.81. The van der Waals surface area contributed by atoms with Crippen molar-refractivity contribution >= 4 is 11.4 Å². The summed E-state index contributed by atoms with van der Waals surface area (Å²) in [5.41, 5.74) is 4.38. The lowest BCUT2D eigenvalue weighted by Crippen LogP contribution is -2.24. The van der Waals surface area contributed by atoms with Crippen LogP contribution in [0.1, 0.15) is 46.9 Å². The predicted octanol–water partition coefficient (Wildman–Crippen LogP) is 3.87. The molecule has 5 rings (SSSR count). The third-order valence-electron chi connectivity index (χ3n) is 4.81. The van der Waals surface area contributed by atoms with Crippen LogP contribution in [0.15, 0.2) is 36.4 Å². The zero-order valence-electron chi connectivity index (χ0n) is 11.6. The first kappa shape index (κ1) is 12.9. The van der Waals surface area contributed by atoms with Crippen LogP contribution in [0.5, 0.6) is 0 Å². The summed E-state index contributed by atoms with van der Waals surface area (Å²) in [5.74, 6) is 0.214. The van der Waals surface area contributed by atoms with Gasteiger partial charge in [0, 0.05) is 36.1 Å². The first-order valence-corrected chi connectivity index (χ1v) is 7.12. The Morgan fingerprint density at radius 1 is 0.727 bits per heavy atom. The van der Waals surface area contributed by atoms with Crippen LogP contribution in [-0.4, -0.2) is 9.85 Å². The Bertz CT molecular complexity index is 761. The standard InChI is InChI=1S/C16H12N2O4/c19-17(20)9-1-3-11-13-5-6-14(15(11)7-9)12-4-2-10(18(21)22)8-16(12)13/h1-4,7-8,13-14H,5-6H2. The fourth-order valence-electron chi connectivity index (χ4n) is 3.88. The van der Waals surface area contributed by atoms with E-state index in [0.29, 0.717) is 0 Å². The quantitative estimate of drug-likeness (QED) is 0.621. The molecule has 2 aromatic carbocycles. The molecule has 0 radical (unpaired) electrons. The van der Waals surface area contributed by atoms with Crippen molar-refractivity contribution in [3.63, 3.8) is 0 Å². The highest BCUT2D eigenvalue weighted by Crippen LogP contribution is 2.53. The van der Waals surface area contributed by atoms with Crippen molar-refractivity contribution in [2.75, 3.05) is 0 Å². The highest BCUT2D eigenvalue weighted by atomic mass is 16.6. The predicted molar refractivity (Wildman–Crippen MR) is 79.1 cm³/mol. The molecule has 110 valence electrons. The van der Waals surface area contributed by atoms with Gasteiger partial charge in [-0.3, -0.25) is 20.2 Å². The lowest BCUT2D eigenvalue weighted by molar-refractivity contribution is -0.385. The van der Waals surface area contributed by atoms with Crippen molar-refractivity contribution in [1.29, 1.82) is 0 Å². The summed E-state index contributed by atoms with van der Waals surface area (Å²) < 4.78 is 0. The van der Waals surface area contributed by atoms with Gasteiger partial charge in [-0.25, -0.2) is 0 Å². The fourth-order valence-corrected chi connectivity index (χ4v) is 3.88. The van der Waals surface area contributed by atoms with Gasteiger partial charge in [-0.15, -0.1) is 0 Å².